The fraction of sp³-hybridized carbons (Fsp3) is 0.143. The molecule has 3 aromatic rings. The Morgan fingerprint density at radius 3 is 2.24 bits per heavy atom. The lowest BCUT2D eigenvalue weighted by molar-refractivity contribution is -0.140. The first kappa shape index (κ1) is 17.2. The standard InChI is InChI=1S/C14H12F3N5O2S/c1-21-6-11(19-8-21)13-20-12(14(15,16)17)7-22(13)9-2-4-10(5-3-9)25(18,23)24/h2-8H,1H3,(H2,18,23,24). The van der Waals surface area contributed by atoms with Crippen molar-refractivity contribution in [2.24, 2.45) is 12.2 Å². The molecule has 7 nitrogen and oxygen atoms in total. The fourth-order valence-corrected chi connectivity index (χ4v) is 2.73. The van der Waals surface area contributed by atoms with Gasteiger partial charge in [0.1, 0.15) is 5.69 Å². The lowest BCUT2D eigenvalue weighted by atomic mass is 10.3. The van der Waals surface area contributed by atoms with E-state index in [0.29, 0.717) is 0 Å². The van der Waals surface area contributed by atoms with Crippen LogP contribution in [-0.2, 0) is 23.2 Å². The van der Waals surface area contributed by atoms with Crippen LogP contribution in [-0.4, -0.2) is 27.5 Å². The summed E-state index contributed by atoms with van der Waals surface area (Å²) in [4.78, 5) is 7.51. The summed E-state index contributed by atoms with van der Waals surface area (Å²) in [6, 6.07) is 5.10. The van der Waals surface area contributed by atoms with E-state index in [1.807, 2.05) is 0 Å². The third kappa shape index (κ3) is 3.42. The number of benzene rings is 1. The van der Waals surface area contributed by atoms with Crippen LogP contribution in [0.4, 0.5) is 13.2 Å². The van der Waals surface area contributed by atoms with Crippen LogP contribution in [0.2, 0.25) is 0 Å². The molecule has 1 aromatic carbocycles. The first-order chi connectivity index (χ1) is 11.6. The summed E-state index contributed by atoms with van der Waals surface area (Å²) >= 11 is 0. The summed E-state index contributed by atoms with van der Waals surface area (Å²) in [6.07, 6.45) is -0.839. The zero-order valence-electron chi connectivity index (χ0n) is 12.8. The number of hydrogen-bond acceptors (Lipinski definition) is 4. The van der Waals surface area contributed by atoms with Crippen molar-refractivity contribution in [2.45, 2.75) is 11.1 Å². The Hall–Kier alpha value is -2.66. The molecule has 0 atom stereocenters. The van der Waals surface area contributed by atoms with Crippen LogP contribution in [0.15, 0.2) is 47.9 Å². The van der Waals surface area contributed by atoms with Crippen LogP contribution in [0.3, 0.4) is 0 Å². The Bertz CT molecular complexity index is 1020. The van der Waals surface area contributed by atoms with Gasteiger partial charge >= 0.3 is 6.18 Å². The molecule has 2 aromatic heterocycles. The largest absolute Gasteiger partial charge is 0.434 e. The van der Waals surface area contributed by atoms with Gasteiger partial charge in [0.25, 0.3) is 0 Å². The van der Waals surface area contributed by atoms with Gasteiger partial charge in [-0.3, -0.25) is 4.57 Å². The second kappa shape index (κ2) is 5.70. The molecule has 0 fully saturated rings. The van der Waals surface area contributed by atoms with Crippen LogP contribution in [0.5, 0.6) is 0 Å². The summed E-state index contributed by atoms with van der Waals surface area (Å²) < 4.78 is 64.5. The molecule has 0 bridgehead atoms. The summed E-state index contributed by atoms with van der Waals surface area (Å²) in [5.41, 5.74) is -0.548. The highest BCUT2D eigenvalue weighted by molar-refractivity contribution is 7.89. The minimum absolute atomic E-state index is 0.0173. The average Bonchev–Trinajstić information content (AvgIpc) is 3.12. The smallest absolute Gasteiger partial charge is 0.340 e. The van der Waals surface area contributed by atoms with Gasteiger partial charge < -0.3 is 4.57 Å². The van der Waals surface area contributed by atoms with Gasteiger partial charge in [-0.2, -0.15) is 13.2 Å². The van der Waals surface area contributed by atoms with Crippen LogP contribution >= 0.6 is 0 Å². The van der Waals surface area contributed by atoms with Crippen LogP contribution in [0.1, 0.15) is 5.69 Å². The zero-order valence-corrected chi connectivity index (χ0v) is 13.6. The van der Waals surface area contributed by atoms with Crippen molar-refractivity contribution < 1.29 is 21.6 Å². The number of halogens is 3. The summed E-state index contributed by atoms with van der Waals surface area (Å²) in [5, 5.41) is 5.02. The number of nitrogens with zero attached hydrogens (tertiary/aromatic N) is 4. The molecular formula is C14H12F3N5O2S. The lowest BCUT2D eigenvalue weighted by Crippen LogP contribution is -2.12. The third-order valence-electron chi connectivity index (χ3n) is 3.37. The monoisotopic (exact) mass is 371 g/mol. The average molecular weight is 371 g/mol. The number of imidazole rings is 2. The van der Waals surface area contributed by atoms with Crippen molar-refractivity contribution >= 4 is 10.0 Å². The SMILES string of the molecule is Cn1cnc(-c2nc(C(F)(F)F)cn2-c2ccc(S(N)(=O)=O)cc2)c1. The molecule has 0 spiro atoms. The molecule has 0 unspecified atom stereocenters. The van der Waals surface area contributed by atoms with Gasteiger partial charge in [-0.1, -0.05) is 0 Å². The van der Waals surface area contributed by atoms with Crippen LogP contribution in [0.25, 0.3) is 17.2 Å². The molecule has 0 aliphatic heterocycles. The van der Waals surface area contributed by atoms with E-state index in [1.54, 1.807) is 11.6 Å². The maximum atomic E-state index is 13.0. The van der Waals surface area contributed by atoms with Crippen molar-refractivity contribution in [1.82, 2.24) is 19.1 Å². The number of rotatable bonds is 3. The summed E-state index contributed by atoms with van der Waals surface area (Å²) in [7, 11) is -2.22. The highest BCUT2D eigenvalue weighted by Gasteiger charge is 2.35. The molecule has 0 aliphatic carbocycles. The Kier molecular flexibility index (Phi) is 3.92. The zero-order chi connectivity index (χ0) is 18.4. The van der Waals surface area contributed by atoms with Crippen molar-refractivity contribution in [3.8, 4) is 17.2 Å². The number of sulfonamides is 1. The van der Waals surface area contributed by atoms with Gasteiger partial charge in [-0.05, 0) is 24.3 Å². The van der Waals surface area contributed by atoms with E-state index >= 15 is 0 Å². The molecular weight excluding hydrogens is 359 g/mol. The van der Waals surface area contributed by atoms with Gasteiger partial charge in [-0.25, -0.2) is 23.5 Å². The van der Waals surface area contributed by atoms with Gasteiger partial charge in [0.2, 0.25) is 10.0 Å². The van der Waals surface area contributed by atoms with Crippen molar-refractivity contribution in [1.29, 1.82) is 0 Å². The molecule has 25 heavy (non-hydrogen) atoms. The Morgan fingerprint density at radius 1 is 1.12 bits per heavy atom. The van der Waals surface area contributed by atoms with E-state index in [2.05, 4.69) is 9.97 Å². The normalized spacial score (nSPS) is 12.5. The molecule has 0 aliphatic rings. The van der Waals surface area contributed by atoms with Gasteiger partial charge in [0.05, 0.1) is 11.2 Å². The minimum atomic E-state index is -4.63. The van der Waals surface area contributed by atoms with E-state index in [0.717, 1.165) is 6.20 Å². The molecule has 0 amide bonds. The maximum absolute atomic E-state index is 13.0. The number of aryl methyl sites for hydroxylation is 1. The topological polar surface area (TPSA) is 95.8 Å². The highest BCUT2D eigenvalue weighted by atomic mass is 32.2. The van der Waals surface area contributed by atoms with Crippen molar-refractivity contribution in [3.05, 3.63) is 48.7 Å². The molecule has 3 rings (SSSR count). The van der Waals surface area contributed by atoms with E-state index in [-0.39, 0.29) is 22.1 Å². The van der Waals surface area contributed by atoms with Crippen molar-refractivity contribution in [3.63, 3.8) is 0 Å². The molecule has 2 heterocycles. The van der Waals surface area contributed by atoms with Crippen molar-refractivity contribution in [2.75, 3.05) is 0 Å². The van der Waals surface area contributed by atoms with Crippen LogP contribution in [0, 0.1) is 0 Å². The predicted octanol–water partition coefficient (Wildman–Crippen LogP) is 1.94. The Balaban J connectivity index is 2.16. The number of hydrogen-bond donors (Lipinski definition) is 1. The third-order valence-corrected chi connectivity index (χ3v) is 4.30. The first-order valence-corrected chi connectivity index (χ1v) is 8.38. The van der Waals surface area contributed by atoms with E-state index in [4.69, 9.17) is 5.14 Å². The summed E-state index contributed by atoms with van der Waals surface area (Å²) in [6.45, 7) is 0. The molecule has 11 heteroatoms. The quantitative estimate of drug-likeness (QED) is 0.761. The molecule has 2 N–H and O–H groups in total. The number of aromatic nitrogens is 4. The Labute approximate surface area is 140 Å². The lowest BCUT2D eigenvalue weighted by Gasteiger charge is -2.07. The fourth-order valence-electron chi connectivity index (χ4n) is 2.22. The van der Waals surface area contributed by atoms with E-state index in [1.165, 1.54) is 41.4 Å². The predicted molar refractivity (Wildman–Crippen MR) is 82.1 cm³/mol. The van der Waals surface area contributed by atoms with Gasteiger partial charge in [0, 0.05) is 25.1 Å². The molecule has 0 saturated heterocycles. The number of primary sulfonamides is 1. The number of alkyl halides is 3. The summed E-state index contributed by atoms with van der Waals surface area (Å²) in [5.74, 6) is -0.0173. The minimum Gasteiger partial charge on any atom is -0.340 e. The second-order valence-electron chi connectivity index (χ2n) is 5.28. The van der Waals surface area contributed by atoms with Gasteiger partial charge in [-0.15, -0.1) is 0 Å². The highest BCUT2D eigenvalue weighted by Crippen LogP contribution is 2.32. The molecule has 0 radical (unpaired) electrons. The van der Waals surface area contributed by atoms with E-state index in [9.17, 15) is 21.6 Å². The van der Waals surface area contributed by atoms with Crippen LogP contribution < -0.4 is 5.14 Å². The second-order valence-corrected chi connectivity index (χ2v) is 6.84. The van der Waals surface area contributed by atoms with E-state index < -0.39 is 21.9 Å². The molecule has 0 saturated carbocycles. The molecule has 132 valence electrons. The Morgan fingerprint density at radius 2 is 1.76 bits per heavy atom. The maximum Gasteiger partial charge on any atom is 0.434 e. The number of nitrogens with two attached hydrogens (primary N) is 1. The van der Waals surface area contributed by atoms with Gasteiger partial charge in [0.15, 0.2) is 11.5 Å². The first-order valence-electron chi connectivity index (χ1n) is 6.84.